The number of carbonyl (C=O) groups excluding carboxylic acids is 1. The minimum absolute atomic E-state index is 0.203. The number of hydrogen-bond acceptors (Lipinski definition) is 2. The van der Waals surface area contributed by atoms with Crippen LogP contribution in [0.5, 0.6) is 5.75 Å². The van der Waals surface area contributed by atoms with Crippen molar-refractivity contribution in [1.29, 1.82) is 0 Å². The van der Waals surface area contributed by atoms with Crippen LogP contribution >= 0.6 is 11.6 Å². The van der Waals surface area contributed by atoms with Crippen molar-refractivity contribution < 1.29 is 9.53 Å². The summed E-state index contributed by atoms with van der Waals surface area (Å²) in [4.78, 5) is 10.7. The van der Waals surface area contributed by atoms with E-state index in [4.69, 9.17) is 16.3 Å². The van der Waals surface area contributed by atoms with Crippen LogP contribution in [0.25, 0.3) is 0 Å². The zero-order valence-electron chi connectivity index (χ0n) is 9.75. The number of ketones is 1. The molecule has 1 aromatic rings. The van der Waals surface area contributed by atoms with Crippen molar-refractivity contribution >= 4 is 17.4 Å². The van der Waals surface area contributed by atoms with Crippen molar-refractivity contribution in [3.8, 4) is 5.75 Å². The minimum Gasteiger partial charge on any atom is -0.494 e. The van der Waals surface area contributed by atoms with E-state index < -0.39 is 0 Å². The van der Waals surface area contributed by atoms with E-state index in [1.54, 1.807) is 6.92 Å². The molecule has 0 heterocycles. The molecule has 0 aromatic heterocycles. The van der Waals surface area contributed by atoms with Crippen LogP contribution in [0, 0.1) is 0 Å². The second-order valence-electron chi connectivity index (χ2n) is 3.76. The molecule has 1 rings (SSSR count). The highest BCUT2D eigenvalue weighted by Gasteiger charge is 2.01. The lowest BCUT2D eigenvalue weighted by Crippen LogP contribution is -2.00. The Labute approximate surface area is 102 Å². The molecule has 0 atom stereocenters. The number of hydrogen-bond donors (Lipinski definition) is 0. The molecule has 0 fully saturated rings. The highest BCUT2D eigenvalue weighted by molar-refractivity contribution is 6.31. The Morgan fingerprint density at radius 2 is 2.19 bits per heavy atom. The Morgan fingerprint density at radius 3 is 2.81 bits per heavy atom. The molecule has 0 N–H and O–H groups in total. The average molecular weight is 241 g/mol. The number of halogens is 1. The number of benzene rings is 1. The number of rotatable bonds is 6. The van der Waals surface area contributed by atoms with Gasteiger partial charge in [0.05, 0.1) is 6.61 Å². The summed E-state index contributed by atoms with van der Waals surface area (Å²) < 4.78 is 5.54. The third kappa shape index (κ3) is 4.23. The first-order valence-corrected chi connectivity index (χ1v) is 5.92. The number of ether oxygens (including phenoxy) is 1. The zero-order chi connectivity index (χ0) is 12.0. The van der Waals surface area contributed by atoms with E-state index in [1.165, 1.54) is 0 Å². The third-order valence-electron chi connectivity index (χ3n) is 2.34. The van der Waals surface area contributed by atoms with E-state index in [1.807, 2.05) is 18.2 Å². The fourth-order valence-electron chi connectivity index (χ4n) is 1.42. The Hall–Kier alpha value is -1.02. The van der Waals surface area contributed by atoms with E-state index >= 15 is 0 Å². The highest BCUT2D eigenvalue weighted by atomic mass is 35.5. The lowest BCUT2D eigenvalue weighted by atomic mass is 10.1. The lowest BCUT2D eigenvalue weighted by Gasteiger charge is -2.08. The Balaban J connectivity index is 2.45. The van der Waals surface area contributed by atoms with Crippen molar-refractivity contribution in [3.05, 3.63) is 28.8 Å². The Kier molecular flexibility index (Phi) is 5.33. The van der Waals surface area contributed by atoms with Crippen molar-refractivity contribution in [2.45, 2.75) is 33.1 Å². The van der Waals surface area contributed by atoms with Crippen LogP contribution in [0.4, 0.5) is 0 Å². The first-order valence-electron chi connectivity index (χ1n) is 5.54. The molecule has 3 heteroatoms. The van der Waals surface area contributed by atoms with Crippen LogP contribution < -0.4 is 4.74 Å². The first-order chi connectivity index (χ1) is 7.63. The van der Waals surface area contributed by atoms with Gasteiger partial charge in [-0.1, -0.05) is 18.5 Å². The normalized spacial score (nSPS) is 10.2. The second kappa shape index (κ2) is 6.54. The van der Waals surface area contributed by atoms with Gasteiger partial charge in [0.1, 0.15) is 11.5 Å². The van der Waals surface area contributed by atoms with Crippen LogP contribution in [0.3, 0.4) is 0 Å². The van der Waals surface area contributed by atoms with Gasteiger partial charge in [-0.2, -0.15) is 0 Å². The largest absolute Gasteiger partial charge is 0.494 e. The molecule has 0 radical (unpaired) electrons. The fraction of sp³-hybridized carbons (Fsp3) is 0.462. The standard InChI is InChI=1S/C13H17ClO2/c1-3-11-9-12(6-7-13(11)14)16-8-4-5-10(2)15/h6-7,9H,3-5,8H2,1-2H3. The van der Waals surface area contributed by atoms with E-state index in [9.17, 15) is 4.79 Å². The highest BCUT2D eigenvalue weighted by Crippen LogP contribution is 2.22. The smallest absolute Gasteiger partial charge is 0.129 e. The molecule has 0 saturated carbocycles. The first kappa shape index (κ1) is 13.0. The summed E-state index contributed by atoms with van der Waals surface area (Å²) in [6.07, 6.45) is 2.23. The van der Waals surface area contributed by atoms with Gasteiger partial charge in [0.25, 0.3) is 0 Å². The molecule has 0 aliphatic heterocycles. The van der Waals surface area contributed by atoms with Gasteiger partial charge in [-0.15, -0.1) is 0 Å². The van der Waals surface area contributed by atoms with Gasteiger partial charge in [0.2, 0.25) is 0 Å². The second-order valence-corrected chi connectivity index (χ2v) is 4.17. The van der Waals surface area contributed by atoms with E-state index in [2.05, 4.69) is 6.92 Å². The van der Waals surface area contributed by atoms with Gasteiger partial charge in [0, 0.05) is 11.4 Å². The van der Waals surface area contributed by atoms with E-state index in [0.29, 0.717) is 13.0 Å². The van der Waals surface area contributed by atoms with Crippen LogP contribution in [0.2, 0.25) is 5.02 Å². The minimum atomic E-state index is 0.203. The topological polar surface area (TPSA) is 26.3 Å². The maximum atomic E-state index is 10.7. The SMILES string of the molecule is CCc1cc(OCCCC(C)=O)ccc1Cl. The predicted molar refractivity (Wildman–Crippen MR) is 66.2 cm³/mol. The molecular formula is C13H17ClO2. The third-order valence-corrected chi connectivity index (χ3v) is 2.71. The molecule has 0 bridgehead atoms. The Morgan fingerprint density at radius 1 is 1.44 bits per heavy atom. The molecule has 16 heavy (non-hydrogen) atoms. The number of Topliss-reactive ketones (excluding diaryl/α,β-unsaturated/α-hetero) is 1. The Bertz CT molecular complexity index is 361. The van der Waals surface area contributed by atoms with Gasteiger partial charge in [-0.25, -0.2) is 0 Å². The number of aryl methyl sites for hydroxylation is 1. The molecule has 0 aliphatic carbocycles. The summed E-state index contributed by atoms with van der Waals surface area (Å²) in [5.74, 6) is 1.03. The molecule has 88 valence electrons. The molecule has 0 spiro atoms. The zero-order valence-corrected chi connectivity index (χ0v) is 10.5. The number of carbonyl (C=O) groups is 1. The maximum Gasteiger partial charge on any atom is 0.129 e. The summed E-state index contributed by atoms with van der Waals surface area (Å²) in [5, 5.41) is 0.776. The van der Waals surface area contributed by atoms with Crippen molar-refractivity contribution in [3.63, 3.8) is 0 Å². The summed E-state index contributed by atoms with van der Waals surface area (Å²) >= 11 is 6.00. The quantitative estimate of drug-likeness (QED) is 0.710. The maximum absolute atomic E-state index is 10.7. The van der Waals surface area contributed by atoms with Gasteiger partial charge >= 0.3 is 0 Å². The molecule has 1 aromatic carbocycles. The molecule has 0 aliphatic rings. The van der Waals surface area contributed by atoms with Gasteiger partial charge in [0.15, 0.2) is 0 Å². The summed E-state index contributed by atoms with van der Waals surface area (Å²) in [6.45, 7) is 4.22. The van der Waals surface area contributed by atoms with E-state index in [-0.39, 0.29) is 5.78 Å². The van der Waals surface area contributed by atoms with Crippen LogP contribution in [-0.4, -0.2) is 12.4 Å². The van der Waals surface area contributed by atoms with Crippen molar-refractivity contribution in [2.24, 2.45) is 0 Å². The summed E-state index contributed by atoms with van der Waals surface area (Å²) in [5.41, 5.74) is 1.09. The van der Waals surface area contributed by atoms with Gasteiger partial charge in [-0.3, -0.25) is 0 Å². The lowest BCUT2D eigenvalue weighted by molar-refractivity contribution is -0.117. The summed E-state index contributed by atoms with van der Waals surface area (Å²) in [7, 11) is 0. The molecular weight excluding hydrogens is 224 g/mol. The fourth-order valence-corrected chi connectivity index (χ4v) is 1.67. The monoisotopic (exact) mass is 240 g/mol. The van der Waals surface area contributed by atoms with E-state index in [0.717, 1.165) is 29.2 Å². The molecule has 0 amide bonds. The van der Waals surface area contributed by atoms with Gasteiger partial charge in [-0.05, 0) is 43.5 Å². The molecule has 2 nitrogen and oxygen atoms in total. The van der Waals surface area contributed by atoms with Crippen molar-refractivity contribution in [1.82, 2.24) is 0 Å². The molecule has 0 saturated heterocycles. The average Bonchev–Trinajstić information content (AvgIpc) is 2.26. The van der Waals surface area contributed by atoms with Crippen LogP contribution in [0.1, 0.15) is 32.3 Å². The predicted octanol–water partition coefficient (Wildman–Crippen LogP) is 3.65. The van der Waals surface area contributed by atoms with Crippen LogP contribution in [0.15, 0.2) is 18.2 Å². The van der Waals surface area contributed by atoms with Gasteiger partial charge < -0.3 is 9.53 Å². The molecule has 0 unspecified atom stereocenters. The van der Waals surface area contributed by atoms with Crippen molar-refractivity contribution in [2.75, 3.05) is 6.61 Å². The van der Waals surface area contributed by atoms with Crippen LogP contribution in [-0.2, 0) is 11.2 Å². The summed E-state index contributed by atoms with van der Waals surface area (Å²) in [6, 6.07) is 5.66.